The first-order valence-corrected chi connectivity index (χ1v) is 6.75. The van der Waals surface area contributed by atoms with Crippen molar-refractivity contribution >= 4 is 23.6 Å². The zero-order valence-corrected chi connectivity index (χ0v) is 11.7. The standard InChI is InChI=1S/C13H17NO4S/c1-8-3-4-9(2)11(5-8)19-7-12(16)14-10(6-15)13(17)18/h3-5,10,15H,6-7H2,1-2H3,(H,14,16)(H,17,18). The van der Waals surface area contributed by atoms with E-state index in [9.17, 15) is 9.59 Å². The number of aryl methyl sites for hydroxylation is 2. The number of benzene rings is 1. The smallest absolute Gasteiger partial charge is 0.328 e. The van der Waals surface area contributed by atoms with Crippen molar-refractivity contribution in [3.05, 3.63) is 29.3 Å². The van der Waals surface area contributed by atoms with E-state index >= 15 is 0 Å². The van der Waals surface area contributed by atoms with Crippen molar-refractivity contribution in [2.45, 2.75) is 24.8 Å². The summed E-state index contributed by atoms with van der Waals surface area (Å²) in [4.78, 5) is 23.2. The number of aliphatic hydroxyl groups excluding tert-OH is 1. The van der Waals surface area contributed by atoms with E-state index in [2.05, 4.69) is 5.32 Å². The van der Waals surface area contributed by atoms with Crippen LogP contribution in [0.15, 0.2) is 23.1 Å². The Morgan fingerprint density at radius 1 is 1.37 bits per heavy atom. The molecule has 3 N–H and O–H groups in total. The minimum atomic E-state index is -1.24. The van der Waals surface area contributed by atoms with Crippen LogP contribution in [-0.4, -0.2) is 40.5 Å². The number of hydrogen-bond donors (Lipinski definition) is 3. The summed E-state index contributed by atoms with van der Waals surface area (Å²) in [5, 5.41) is 19.8. The molecule has 6 heteroatoms. The Labute approximate surface area is 116 Å². The quantitative estimate of drug-likeness (QED) is 0.677. The molecule has 0 aliphatic rings. The van der Waals surface area contributed by atoms with E-state index in [1.807, 2.05) is 32.0 Å². The Morgan fingerprint density at radius 2 is 2.05 bits per heavy atom. The van der Waals surface area contributed by atoms with Crippen LogP contribution in [0.25, 0.3) is 0 Å². The summed E-state index contributed by atoms with van der Waals surface area (Å²) in [6, 6.07) is 4.70. The van der Waals surface area contributed by atoms with E-state index in [1.54, 1.807) is 0 Å². The molecule has 1 unspecified atom stereocenters. The van der Waals surface area contributed by atoms with Crippen molar-refractivity contribution < 1.29 is 19.8 Å². The molecule has 1 aromatic rings. The van der Waals surface area contributed by atoms with E-state index in [0.29, 0.717) is 0 Å². The van der Waals surface area contributed by atoms with Gasteiger partial charge in [-0.05, 0) is 25.5 Å². The van der Waals surface area contributed by atoms with Crippen molar-refractivity contribution in [3.63, 3.8) is 0 Å². The highest BCUT2D eigenvalue weighted by molar-refractivity contribution is 8.00. The normalized spacial score (nSPS) is 11.9. The number of thioether (sulfide) groups is 1. The highest BCUT2D eigenvalue weighted by atomic mass is 32.2. The zero-order chi connectivity index (χ0) is 14.4. The van der Waals surface area contributed by atoms with Gasteiger partial charge in [-0.1, -0.05) is 17.7 Å². The molecule has 0 aliphatic carbocycles. The summed E-state index contributed by atoms with van der Waals surface area (Å²) in [6.07, 6.45) is 0. The third kappa shape index (κ3) is 4.92. The van der Waals surface area contributed by atoms with Gasteiger partial charge in [0.25, 0.3) is 0 Å². The molecule has 104 valence electrons. The van der Waals surface area contributed by atoms with Crippen molar-refractivity contribution in [2.24, 2.45) is 0 Å². The molecule has 19 heavy (non-hydrogen) atoms. The monoisotopic (exact) mass is 283 g/mol. The highest BCUT2D eigenvalue weighted by Crippen LogP contribution is 2.23. The molecular weight excluding hydrogens is 266 g/mol. The van der Waals surface area contributed by atoms with Gasteiger partial charge in [0.2, 0.25) is 5.91 Å². The largest absolute Gasteiger partial charge is 0.480 e. The number of hydrogen-bond acceptors (Lipinski definition) is 4. The zero-order valence-electron chi connectivity index (χ0n) is 10.8. The first-order chi connectivity index (χ1) is 8.93. The number of rotatable bonds is 6. The fraction of sp³-hybridized carbons (Fsp3) is 0.385. The molecule has 0 saturated carbocycles. The van der Waals surface area contributed by atoms with Gasteiger partial charge in [-0.15, -0.1) is 11.8 Å². The second-order valence-corrected chi connectivity index (χ2v) is 5.22. The third-order valence-corrected chi connectivity index (χ3v) is 3.68. The maximum atomic E-state index is 11.6. The fourth-order valence-corrected chi connectivity index (χ4v) is 2.36. The number of carbonyl (C=O) groups is 2. The molecule has 0 aromatic heterocycles. The lowest BCUT2D eigenvalue weighted by atomic mass is 10.2. The maximum absolute atomic E-state index is 11.6. The van der Waals surface area contributed by atoms with Gasteiger partial charge in [-0.2, -0.15) is 0 Å². The molecule has 0 spiro atoms. The van der Waals surface area contributed by atoms with E-state index in [0.717, 1.165) is 16.0 Å². The number of carboxylic acid groups (broad SMARTS) is 1. The van der Waals surface area contributed by atoms with Crippen LogP contribution in [0, 0.1) is 13.8 Å². The molecule has 0 saturated heterocycles. The molecule has 0 bridgehead atoms. The lowest BCUT2D eigenvalue weighted by Gasteiger charge is -2.12. The van der Waals surface area contributed by atoms with Crippen molar-refractivity contribution in [1.82, 2.24) is 5.32 Å². The second kappa shape index (κ2) is 7.16. The van der Waals surface area contributed by atoms with Gasteiger partial charge in [0.15, 0.2) is 0 Å². The SMILES string of the molecule is Cc1ccc(C)c(SCC(=O)NC(CO)C(=O)O)c1. The average Bonchev–Trinajstić information content (AvgIpc) is 2.36. The molecule has 5 nitrogen and oxygen atoms in total. The fourth-order valence-electron chi connectivity index (χ4n) is 1.43. The van der Waals surface area contributed by atoms with E-state index in [4.69, 9.17) is 10.2 Å². The second-order valence-electron chi connectivity index (χ2n) is 4.20. The number of aliphatic hydroxyl groups is 1. The summed E-state index contributed by atoms with van der Waals surface area (Å²) in [7, 11) is 0. The van der Waals surface area contributed by atoms with Crippen LogP contribution < -0.4 is 5.32 Å². The summed E-state index contributed by atoms with van der Waals surface area (Å²) in [5.41, 5.74) is 2.17. The van der Waals surface area contributed by atoms with Gasteiger partial charge < -0.3 is 15.5 Å². The van der Waals surface area contributed by atoms with Crippen molar-refractivity contribution in [1.29, 1.82) is 0 Å². The van der Waals surface area contributed by atoms with Crippen LogP contribution in [0.1, 0.15) is 11.1 Å². The van der Waals surface area contributed by atoms with Crippen molar-refractivity contribution in [3.8, 4) is 0 Å². The molecular formula is C13H17NO4S. The molecule has 0 fully saturated rings. The first-order valence-electron chi connectivity index (χ1n) is 5.77. The van der Waals surface area contributed by atoms with Crippen LogP contribution in [0.3, 0.4) is 0 Å². The van der Waals surface area contributed by atoms with Crippen molar-refractivity contribution in [2.75, 3.05) is 12.4 Å². The van der Waals surface area contributed by atoms with Crippen LogP contribution in [0.4, 0.5) is 0 Å². The molecule has 1 atom stereocenters. The van der Waals surface area contributed by atoms with Gasteiger partial charge in [0.05, 0.1) is 12.4 Å². The lowest BCUT2D eigenvalue weighted by Crippen LogP contribution is -2.44. The van der Waals surface area contributed by atoms with Gasteiger partial charge in [0.1, 0.15) is 6.04 Å². The van der Waals surface area contributed by atoms with E-state index in [1.165, 1.54) is 11.8 Å². The van der Waals surface area contributed by atoms with Gasteiger partial charge in [-0.3, -0.25) is 4.79 Å². The highest BCUT2D eigenvalue weighted by Gasteiger charge is 2.18. The van der Waals surface area contributed by atoms with Crippen LogP contribution >= 0.6 is 11.8 Å². The van der Waals surface area contributed by atoms with Gasteiger partial charge in [0, 0.05) is 4.90 Å². The Hall–Kier alpha value is -1.53. The average molecular weight is 283 g/mol. The van der Waals surface area contributed by atoms with E-state index < -0.39 is 24.5 Å². The molecule has 0 heterocycles. The third-order valence-electron chi connectivity index (χ3n) is 2.52. The Morgan fingerprint density at radius 3 is 2.63 bits per heavy atom. The number of nitrogens with one attached hydrogen (secondary N) is 1. The summed E-state index contributed by atoms with van der Waals surface area (Å²) in [5.74, 6) is -1.53. The topological polar surface area (TPSA) is 86.6 Å². The number of aliphatic carboxylic acids is 1. The lowest BCUT2D eigenvalue weighted by molar-refractivity contribution is -0.142. The number of carbonyl (C=O) groups excluding carboxylic acids is 1. The van der Waals surface area contributed by atoms with Crippen LogP contribution in [0.5, 0.6) is 0 Å². The Balaban J connectivity index is 2.54. The predicted octanol–water partition coefficient (Wildman–Crippen LogP) is 0.957. The maximum Gasteiger partial charge on any atom is 0.328 e. The van der Waals surface area contributed by atoms with Gasteiger partial charge >= 0.3 is 5.97 Å². The summed E-state index contributed by atoms with van der Waals surface area (Å²) >= 11 is 1.35. The molecule has 0 radical (unpaired) electrons. The minimum Gasteiger partial charge on any atom is -0.480 e. The molecule has 0 aliphatic heterocycles. The minimum absolute atomic E-state index is 0.119. The summed E-state index contributed by atoms with van der Waals surface area (Å²) in [6.45, 7) is 3.30. The molecule has 1 rings (SSSR count). The Kier molecular flexibility index (Phi) is 5.85. The number of amides is 1. The van der Waals surface area contributed by atoms with Gasteiger partial charge in [-0.25, -0.2) is 4.79 Å². The number of carboxylic acids is 1. The first kappa shape index (κ1) is 15.5. The predicted molar refractivity (Wildman–Crippen MR) is 73.3 cm³/mol. The Bertz CT molecular complexity index is 476. The molecule has 1 amide bonds. The summed E-state index contributed by atoms with van der Waals surface area (Å²) < 4.78 is 0. The molecule has 1 aromatic carbocycles. The van der Waals surface area contributed by atoms with Crippen LogP contribution in [0.2, 0.25) is 0 Å². The van der Waals surface area contributed by atoms with Crippen LogP contribution in [-0.2, 0) is 9.59 Å². The van der Waals surface area contributed by atoms with E-state index in [-0.39, 0.29) is 5.75 Å².